The summed E-state index contributed by atoms with van der Waals surface area (Å²) in [5, 5.41) is 9.25. The van der Waals surface area contributed by atoms with Gasteiger partial charge in [-0.25, -0.2) is 4.98 Å². The van der Waals surface area contributed by atoms with E-state index in [-0.39, 0.29) is 17.3 Å². The second kappa shape index (κ2) is 4.71. The Kier molecular flexibility index (Phi) is 3.23. The largest absolute Gasteiger partial charge is 0.494 e. The fraction of sp³-hybridized carbons (Fsp3) is 0.333. The summed E-state index contributed by atoms with van der Waals surface area (Å²) in [6.45, 7) is 0. The molecule has 0 unspecified atom stereocenters. The summed E-state index contributed by atoms with van der Waals surface area (Å²) in [6, 6.07) is 1.33. The third-order valence-electron chi connectivity index (χ3n) is 2.20. The zero-order valence-corrected chi connectivity index (χ0v) is 9.84. The molecule has 19 heavy (non-hydrogen) atoms. The van der Waals surface area contributed by atoms with E-state index in [4.69, 9.17) is 9.47 Å². The molecule has 0 N–H and O–H groups in total. The van der Waals surface area contributed by atoms with Crippen molar-refractivity contribution in [3.8, 4) is 17.3 Å². The summed E-state index contributed by atoms with van der Waals surface area (Å²) < 4.78 is 48.4. The number of halogens is 3. The van der Waals surface area contributed by atoms with Crippen LogP contribution in [-0.4, -0.2) is 39.4 Å². The van der Waals surface area contributed by atoms with E-state index < -0.39 is 12.0 Å². The van der Waals surface area contributed by atoms with Gasteiger partial charge in [0.2, 0.25) is 5.88 Å². The Morgan fingerprint density at radius 1 is 1.21 bits per heavy atom. The van der Waals surface area contributed by atoms with Gasteiger partial charge in [-0.1, -0.05) is 0 Å². The zero-order chi connectivity index (χ0) is 14.0. The maximum atomic E-state index is 12.7. The van der Waals surface area contributed by atoms with Gasteiger partial charge in [-0.2, -0.15) is 17.9 Å². The Labute approximate surface area is 105 Å². The minimum Gasteiger partial charge on any atom is -0.494 e. The van der Waals surface area contributed by atoms with Gasteiger partial charge in [0.1, 0.15) is 5.69 Å². The van der Waals surface area contributed by atoms with Gasteiger partial charge in [0.05, 0.1) is 20.4 Å². The lowest BCUT2D eigenvalue weighted by molar-refractivity contribution is -0.146. The molecule has 0 spiro atoms. The molecule has 0 aliphatic rings. The average molecular weight is 275 g/mol. The van der Waals surface area contributed by atoms with Crippen molar-refractivity contribution in [1.29, 1.82) is 0 Å². The van der Waals surface area contributed by atoms with E-state index in [1.165, 1.54) is 20.3 Å². The Bertz CT molecular complexity index is 583. The minimum absolute atomic E-state index is 0.0411. The Morgan fingerprint density at radius 2 is 1.95 bits per heavy atom. The van der Waals surface area contributed by atoms with E-state index in [0.29, 0.717) is 4.68 Å². The quantitative estimate of drug-likeness (QED) is 0.834. The highest BCUT2D eigenvalue weighted by molar-refractivity contribution is 5.47. The van der Waals surface area contributed by atoms with Crippen LogP contribution in [0.4, 0.5) is 13.2 Å². The number of hydrogen-bond donors (Lipinski definition) is 0. The molecule has 0 fully saturated rings. The standard InChI is InChI=1S/C9H8F3N5O2/c1-18-6-3-7(19-2)13-4-5(6)17-8(9(10,11)12)14-15-16-17/h3-4H,1-2H3. The van der Waals surface area contributed by atoms with Crippen molar-refractivity contribution >= 4 is 0 Å². The first-order valence-corrected chi connectivity index (χ1v) is 4.91. The molecule has 0 aliphatic carbocycles. The van der Waals surface area contributed by atoms with Crippen LogP contribution in [0.5, 0.6) is 11.6 Å². The first-order valence-electron chi connectivity index (χ1n) is 4.91. The predicted octanol–water partition coefficient (Wildman–Crippen LogP) is 1.09. The van der Waals surface area contributed by atoms with E-state index in [0.717, 1.165) is 6.20 Å². The van der Waals surface area contributed by atoms with E-state index >= 15 is 0 Å². The van der Waals surface area contributed by atoms with Crippen LogP contribution in [0.15, 0.2) is 12.3 Å². The maximum Gasteiger partial charge on any atom is 0.453 e. The Hall–Kier alpha value is -2.39. The van der Waals surface area contributed by atoms with Crippen LogP contribution in [0.3, 0.4) is 0 Å². The molecule has 0 aliphatic heterocycles. The number of alkyl halides is 3. The number of tetrazole rings is 1. The molecule has 0 atom stereocenters. The van der Waals surface area contributed by atoms with Gasteiger partial charge >= 0.3 is 6.18 Å². The number of hydrogen-bond acceptors (Lipinski definition) is 6. The van der Waals surface area contributed by atoms with Crippen LogP contribution >= 0.6 is 0 Å². The summed E-state index contributed by atoms with van der Waals surface area (Å²) >= 11 is 0. The van der Waals surface area contributed by atoms with Crippen LogP contribution in [0.1, 0.15) is 5.82 Å². The fourth-order valence-electron chi connectivity index (χ4n) is 1.37. The predicted molar refractivity (Wildman–Crippen MR) is 55.1 cm³/mol. The highest BCUT2D eigenvalue weighted by Gasteiger charge is 2.39. The molecule has 102 valence electrons. The van der Waals surface area contributed by atoms with Crippen molar-refractivity contribution in [1.82, 2.24) is 25.2 Å². The summed E-state index contributed by atoms with van der Waals surface area (Å²) in [5.74, 6) is -0.968. The Morgan fingerprint density at radius 3 is 2.53 bits per heavy atom. The SMILES string of the molecule is COc1cc(OC)c(-n2nnnc2C(F)(F)F)cn1. The molecular weight excluding hydrogens is 267 g/mol. The molecule has 2 heterocycles. The molecule has 10 heteroatoms. The number of ether oxygens (including phenoxy) is 2. The summed E-state index contributed by atoms with van der Waals surface area (Å²) in [6.07, 6.45) is -3.56. The van der Waals surface area contributed by atoms with Crippen molar-refractivity contribution in [3.63, 3.8) is 0 Å². The van der Waals surface area contributed by atoms with Gasteiger partial charge in [0.25, 0.3) is 5.82 Å². The highest BCUT2D eigenvalue weighted by Crippen LogP contribution is 2.31. The van der Waals surface area contributed by atoms with Crippen LogP contribution < -0.4 is 9.47 Å². The number of rotatable bonds is 3. The molecule has 2 aromatic heterocycles. The monoisotopic (exact) mass is 275 g/mol. The lowest BCUT2D eigenvalue weighted by Gasteiger charge is -2.11. The number of nitrogens with zero attached hydrogens (tertiary/aromatic N) is 5. The molecule has 0 bridgehead atoms. The van der Waals surface area contributed by atoms with E-state index in [9.17, 15) is 13.2 Å². The lowest BCUT2D eigenvalue weighted by atomic mass is 10.3. The zero-order valence-electron chi connectivity index (χ0n) is 9.84. The maximum absolute atomic E-state index is 12.7. The third kappa shape index (κ3) is 2.41. The average Bonchev–Trinajstić information content (AvgIpc) is 2.86. The first kappa shape index (κ1) is 13.1. The van der Waals surface area contributed by atoms with E-state index in [1.807, 2.05) is 0 Å². The van der Waals surface area contributed by atoms with Crippen LogP contribution in [-0.2, 0) is 6.18 Å². The molecule has 2 rings (SSSR count). The van der Waals surface area contributed by atoms with Crippen LogP contribution in [0, 0.1) is 0 Å². The normalized spacial score (nSPS) is 11.4. The highest BCUT2D eigenvalue weighted by atomic mass is 19.4. The van der Waals surface area contributed by atoms with Gasteiger partial charge in [0.15, 0.2) is 5.75 Å². The molecule has 0 saturated heterocycles. The molecule has 0 amide bonds. The van der Waals surface area contributed by atoms with Gasteiger partial charge < -0.3 is 9.47 Å². The lowest BCUT2D eigenvalue weighted by Crippen LogP contribution is -2.15. The first-order chi connectivity index (χ1) is 8.97. The van der Waals surface area contributed by atoms with Crippen molar-refractivity contribution in [2.24, 2.45) is 0 Å². The smallest absolute Gasteiger partial charge is 0.453 e. The van der Waals surface area contributed by atoms with E-state index in [1.54, 1.807) is 0 Å². The molecule has 0 aromatic carbocycles. The topological polar surface area (TPSA) is 75.0 Å². The van der Waals surface area contributed by atoms with Crippen LogP contribution in [0.25, 0.3) is 5.69 Å². The van der Waals surface area contributed by atoms with Crippen molar-refractivity contribution in [3.05, 3.63) is 18.1 Å². The summed E-state index contributed by atoms with van der Waals surface area (Å²) in [4.78, 5) is 3.80. The van der Waals surface area contributed by atoms with Gasteiger partial charge in [-0.05, 0) is 10.4 Å². The minimum atomic E-state index is -4.69. The summed E-state index contributed by atoms with van der Waals surface area (Å²) in [7, 11) is 2.68. The van der Waals surface area contributed by atoms with Crippen molar-refractivity contribution in [2.45, 2.75) is 6.18 Å². The molecule has 0 radical (unpaired) electrons. The molecule has 0 saturated carbocycles. The second-order valence-corrected chi connectivity index (χ2v) is 3.31. The van der Waals surface area contributed by atoms with Crippen molar-refractivity contribution in [2.75, 3.05) is 14.2 Å². The molecular formula is C9H8F3N5O2. The number of methoxy groups -OCH3 is 2. The van der Waals surface area contributed by atoms with E-state index in [2.05, 4.69) is 20.5 Å². The number of aromatic nitrogens is 5. The molecule has 2 aromatic rings. The second-order valence-electron chi connectivity index (χ2n) is 3.31. The third-order valence-corrected chi connectivity index (χ3v) is 2.20. The fourth-order valence-corrected chi connectivity index (χ4v) is 1.37. The summed E-state index contributed by atoms with van der Waals surface area (Å²) in [5.41, 5.74) is -0.0411. The van der Waals surface area contributed by atoms with Crippen molar-refractivity contribution < 1.29 is 22.6 Å². The van der Waals surface area contributed by atoms with Gasteiger partial charge in [0, 0.05) is 6.07 Å². The van der Waals surface area contributed by atoms with Gasteiger partial charge in [-0.15, -0.1) is 5.10 Å². The Balaban J connectivity index is 2.56. The van der Waals surface area contributed by atoms with Gasteiger partial charge in [-0.3, -0.25) is 0 Å². The molecule has 7 nitrogen and oxygen atoms in total. The van der Waals surface area contributed by atoms with Crippen LogP contribution in [0.2, 0.25) is 0 Å². The number of pyridine rings is 1.